The van der Waals surface area contributed by atoms with Crippen LogP contribution in [0.4, 0.5) is 11.8 Å². The van der Waals surface area contributed by atoms with Crippen LogP contribution in [0.25, 0.3) is 11.4 Å². The van der Waals surface area contributed by atoms with Crippen molar-refractivity contribution in [2.45, 2.75) is 25.4 Å². The second-order valence-corrected chi connectivity index (χ2v) is 6.50. The molecule has 0 saturated carbocycles. The van der Waals surface area contributed by atoms with Gasteiger partial charge in [-0.3, -0.25) is 10.1 Å². The Hall–Kier alpha value is -3.07. The number of β-amino-alcohol motifs (C(OH)–C–C–N with tert-alkyl or cyclic N) is 1. The molecule has 3 aromatic heterocycles. The lowest BCUT2D eigenvalue weighted by Crippen LogP contribution is -2.38. The van der Waals surface area contributed by atoms with Crippen LogP contribution >= 0.6 is 0 Å². The van der Waals surface area contributed by atoms with Gasteiger partial charge in [0.1, 0.15) is 11.6 Å². The summed E-state index contributed by atoms with van der Waals surface area (Å²) in [4.78, 5) is 19.4. The summed E-state index contributed by atoms with van der Waals surface area (Å²) in [6.07, 6.45) is 7.39. The predicted molar refractivity (Wildman–Crippen MR) is 101 cm³/mol. The van der Waals surface area contributed by atoms with E-state index in [0.717, 1.165) is 36.6 Å². The minimum absolute atomic E-state index is 0.286. The lowest BCUT2D eigenvalue weighted by atomic mass is 10.1. The first-order valence-electron chi connectivity index (χ1n) is 9.09. The van der Waals surface area contributed by atoms with Crippen LogP contribution in [-0.2, 0) is 6.42 Å². The predicted octanol–water partition coefficient (Wildman–Crippen LogP) is 1.27. The lowest BCUT2D eigenvalue weighted by Gasteiger charge is -2.31. The molecule has 1 atom stereocenters. The van der Waals surface area contributed by atoms with Crippen LogP contribution in [0.15, 0.2) is 36.8 Å². The summed E-state index contributed by atoms with van der Waals surface area (Å²) in [5.41, 5.74) is 0.931. The monoisotopic (exact) mass is 366 g/mol. The standard InChI is InChI=1S/C18H22N8O/c27-14-2-1-11-26(12-14)16-6-10-21-18(23-16)20-9-5-15-22-17(25-24-15)13-3-7-19-8-4-13/h3-4,6-8,10,14,27H,1-2,5,9,11-12H2,(H,20,21,23)(H,22,24,25)/t14-/m0/s1. The highest BCUT2D eigenvalue weighted by Crippen LogP contribution is 2.18. The normalized spacial score (nSPS) is 17.1. The number of aromatic amines is 1. The van der Waals surface area contributed by atoms with Crippen LogP contribution < -0.4 is 10.2 Å². The Morgan fingerprint density at radius 2 is 2.07 bits per heavy atom. The second-order valence-electron chi connectivity index (χ2n) is 6.50. The number of rotatable bonds is 6. The van der Waals surface area contributed by atoms with E-state index < -0.39 is 0 Å². The number of nitrogens with one attached hydrogen (secondary N) is 2. The molecule has 3 aromatic rings. The van der Waals surface area contributed by atoms with Gasteiger partial charge in [-0.05, 0) is 31.0 Å². The van der Waals surface area contributed by atoms with Gasteiger partial charge in [0.25, 0.3) is 0 Å². The van der Waals surface area contributed by atoms with Gasteiger partial charge in [0.15, 0.2) is 5.82 Å². The topological polar surface area (TPSA) is 116 Å². The summed E-state index contributed by atoms with van der Waals surface area (Å²) in [5.74, 6) is 2.87. The summed E-state index contributed by atoms with van der Waals surface area (Å²) in [7, 11) is 0. The van der Waals surface area contributed by atoms with E-state index in [1.54, 1.807) is 18.6 Å². The van der Waals surface area contributed by atoms with Gasteiger partial charge in [0.05, 0.1) is 6.10 Å². The Morgan fingerprint density at radius 3 is 2.93 bits per heavy atom. The first-order chi connectivity index (χ1) is 13.3. The fraction of sp³-hybridized carbons (Fsp3) is 0.389. The van der Waals surface area contributed by atoms with Crippen molar-refractivity contribution in [2.75, 3.05) is 29.9 Å². The quantitative estimate of drug-likeness (QED) is 0.597. The molecule has 1 aliphatic heterocycles. The zero-order valence-corrected chi connectivity index (χ0v) is 14.9. The minimum Gasteiger partial charge on any atom is -0.391 e. The van der Waals surface area contributed by atoms with Crippen molar-refractivity contribution in [3.63, 3.8) is 0 Å². The largest absolute Gasteiger partial charge is 0.391 e. The van der Waals surface area contributed by atoms with Crippen molar-refractivity contribution in [2.24, 2.45) is 0 Å². The summed E-state index contributed by atoms with van der Waals surface area (Å²) in [5, 5.41) is 20.3. The number of piperidine rings is 1. The summed E-state index contributed by atoms with van der Waals surface area (Å²) >= 11 is 0. The van der Waals surface area contributed by atoms with Crippen LogP contribution in [0.1, 0.15) is 18.7 Å². The first-order valence-corrected chi connectivity index (χ1v) is 9.09. The van der Waals surface area contributed by atoms with Crippen molar-refractivity contribution in [1.82, 2.24) is 30.1 Å². The van der Waals surface area contributed by atoms with Crippen LogP contribution in [0.2, 0.25) is 0 Å². The molecule has 0 radical (unpaired) electrons. The molecule has 3 N–H and O–H groups in total. The van der Waals surface area contributed by atoms with Gasteiger partial charge < -0.3 is 15.3 Å². The van der Waals surface area contributed by atoms with Crippen LogP contribution in [-0.4, -0.2) is 61.0 Å². The van der Waals surface area contributed by atoms with Gasteiger partial charge in [-0.2, -0.15) is 10.1 Å². The third-order valence-electron chi connectivity index (χ3n) is 4.48. The number of hydrogen-bond donors (Lipinski definition) is 3. The van der Waals surface area contributed by atoms with E-state index in [2.05, 4.69) is 40.3 Å². The van der Waals surface area contributed by atoms with Crippen molar-refractivity contribution < 1.29 is 5.11 Å². The minimum atomic E-state index is -0.286. The van der Waals surface area contributed by atoms with E-state index in [-0.39, 0.29) is 6.10 Å². The van der Waals surface area contributed by atoms with Crippen LogP contribution in [0, 0.1) is 0 Å². The smallest absolute Gasteiger partial charge is 0.224 e. The van der Waals surface area contributed by atoms with Crippen LogP contribution in [0.3, 0.4) is 0 Å². The molecule has 0 spiro atoms. The molecule has 4 rings (SSSR count). The summed E-state index contributed by atoms with van der Waals surface area (Å²) in [6.45, 7) is 2.16. The molecule has 1 aliphatic rings. The second kappa shape index (κ2) is 8.09. The SMILES string of the molecule is O[C@H]1CCCN(c2ccnc(NCCc3nc(-c4ccncc4)n[nH]3)n2)C1. The highest BCUT2D eigenvalue weighted by atomic mass is 16.3. The van der Waals surface area contributed by atoms with Gasteiger partial charge in [0, 0.05) is 50.2 Å². The number of aromatic nitrogens is 6. The van der Waals surface area contributed by atoms with Crippen molar-refractivity contribution in [3.8, 4) is 11.4 Å². The fourth-order valence-corrected chi connectivity index (χ4v) is 3.10. The maximum absolute atomic E-state index is 9.84. The average molecular weight is 366 g/mol. The first kappa shape index (κ1) is 17.3. The number of pyridine rings is 1. The van der Waals surface area contributed by atoms with Gasteiger partial charge in [-0.1, -0.05) is 0 Å². The Kier molecular flexibility index (Phi) is 5.20. The van der Waals surface area contributed by atoms with Gasteiger partial charge >= 0.3 is 0 Å². The Morgan fingerprint density at radius 1 is 1.19 bits per heavy atom. The molecule has 9 nitrogen and oxygen atoms in total. The van der Waals surface area contributed by atoms with E-state index >= 15 is 0 Å². The molecule has 0 bridgehead atoms. The molecule has 27 heavy (non-hydrogen) atoms. The van der Waals surface area contributed by atoms with Crippen molar-refractivity contribution in [1.29, 1.82) is 0 Å². The molecule has 0 aliphatic carbocycles. The number of hydrogen-bond acceptors (Lipinski definition) is 8. The molecule has 4 heterocycles. The van der Waals surface area contributed by atoms with E-state index in [4.69, 9.17) is 0 Å². The van der Waals surface area contributed by atoms with E-state index in [0.29, 0.717) is 31.3 Å². The third kappa shape index (κ3) is 4.37. The maximum atomic E-state index is 9.84. The molecular formula is C18H22N8O. The number of anilines is 2. The number of aliphatic hydroxyl groups excluding tert-OH is 1. The molecule has 140 valence electrons. The summed E-state index contributed by atoms with van der Waals surface area (Å²) in [6, 6.07) is 5.63. The van der Waals surface area contributed by atoms with Gasteiger partial charge in [-0.25, -0.2) is 9.97 Å². The molecular weight excluding hydrogens is 344 g/mol. The van der Waals surface area contributed by atoms with Crippen molar-refractivity contribution in [3.05, 3.63) is 42.6 Å². The highest BCUT2D eigenvalue weighted by Gasteiger charge is 2.19. The Balaban J connectivity index is 1.33. The molecule has 0 amide bonds. The Bertz CT molecular complexity index is 869. The number of nitrogens with zero attached hydrogens (tertiary/aromatic N) is 6. The van der Waals surface area contributed by atoms with Crippen LogP contribution in [0.5, 0.6) is 0 Å². The maximum Gasteiger partial charge on any atom is 0.224 e. The van der Waals surface area contributed by atoms with Gasteiger partial charge in [0.2, 0.25) is 5.95 Å². The highest BCUT2D eigenvalue weighted by molar-refractivity contribution is 5.53. The third-order valence-corrected chi connectivity index (χ3v) is 4.48. The number of H-pyrrole nitrogens is 1. The average Bonchev–Trinajstić information content (AvgIpc) is 3.18. The zero-order valence-electron chi connectivity index (χ0n) is 14.9. The van der Waals surface area contributed by atoms with Crippen molar-refractivity contribution >= 4 is 11.8 Å². The molecule has 9 heteroatoms. The fourth-order valence-electron chi connectivity index (χ4n) is 3.10. The van der Waals surface area contributed by atoms with Gasteiger partial charge in [-0.15, -0.1) is 0 Å². The number of aliphatic hydroxyl groups is 1. The summed E-state index contributed by atoms with van der Waals surface area (Å²) < 4.78 is 0. The molecule has 1 saturated heterocycles. The van der Waals surface area contributed by atoms with E-state index in [1.165, 1.54) is 0 Å². The molecule has 0 unspecified atom stereocenters. The lowest BCUT2D eigenvalue weighted by molar-refractivity contribution is 0.154. The zero-order chi connectivity index (χ0) is 18.5. The molecule has 0 aromatic carbocycles. The van der Waals surface area contributed by atoms with E-state index in [9.17, 15) is 5.11 Å². The Labute approximate surface area is 156 Å². The molecule has 1 fully saturated rings. The van der Waals surface area contributed by atoms with E-state index in [1.807, 2.05) is 18.2 Å².